The molecule has 2 N–H and O–H groups in total. The van der Waals surface area contributed by atoms with Gasteiger partial charge in [0, 0.05) is 5.54 Å². The van der Waals surface area contributed by atoms with Crippen molar-refractivity contribution < 1.29 is 14.3 Å². The smallest absolute Gasteiger partial charge is 0.307 e. The number of carbonyl (C=O) groups excluding carboxylic acids is 1. The first kappa shape index (κ1) is 14.5. The molecule has 0 amide bonds. The Labute approximate surface area is 108 Å². The van der Waals surface area contributed by atoms with Crippen LogP contribution in [0.25, 0.3) is 0 Å². The van der Waals surface area contributed by atoms with Gasteiger partial charge in [-0.1, -0.05) is 12.1 Å². The lowest BCUT2D eigenvalue weighted by molar-refractivity contribution is -0.144. The molecule has 0 spiro atoms. The van der Waals surface area contributed by atoms with Crippen LogP contribution in [-0.4, -0.2) is 25.2 Å². The second kappa shape index (κ2) is 6.40. The van der Waals surface area contributed by atoms with Crippen molar-refractivity contribution in [2.75, 3.05) is 13.7 Å². The number of benzene rings is 1. The van der Waals surface area contributed by atoms with Crippen LogP contribution in [0, 0.1) is 0 Å². The van der Waals surface area contributed by atoms with Crippen LogP contribution in [0.3, 0.4) is 0 Å². The van der Waals surface area contributed by atoms with Crippen molar-refractivity contribution in [3.63, 3.8) is 0 Å². The maximum atomic E-state index is 11.4. The number of hydrogen-bond acceptors (Lipinski definition) is 4. The van der Waals surface area contributed by atoms with Crippen molar-refractivity contribution >= 4 is 5.97 Å². The van der Waals surface area contributed by atoms with Gasteiger partial charge in [-0.2, -0.15) is 0 Å². The van der Waals surface area contributed by atoms with E-state index in [1.54, 1.807) is 14.0 Å². The van der Waals surface area contributed by atoms with E-state index < -0.39 is 5.54 Å². The second-order valence-electron chi connectivity index (χ2n) is 4.66. The lowest BCUT2D eigenvalue weighted by Gasteiger charge is -2.23. The first-order valence-corrected chi connectivity index (χ1v) is 6.04. The summed E-state index contributed by atoms with van der Waals surface area (Å²) in [5, 5.41) is 0. The standard InChI is InChI=1S/C14H21NO3/c1-4-18-13(16)10-14(2,15)9-11-5-7-12(17-3)8-6-11/h5-8H,4,9-10,15H2,1-3H3. The summed E-state index contributed by atoms with van der Waals surface area (Å²) in [6, 6.07) is 7.68. The molecule has 0 saturated heterocycles. The largest absolute Gasteiger partial charge is 0.497 e. The third-order valence-electron chi connectivity index (χ3n) is 2.62. The Balaban J connectivity index is 2.60. The van der Waals surface area contributed by atoms with Crippen molar-refractivity contribution in [2.24, 2.45) is 5.73 Å². The summed E-state index contributed by atoms with van der Waals surface area (Å²) >= 11 is 0. The summed E-state index contributed by atoms with van der Waals surface area (Å²) in [6.45, 7) is 4.03. The minimum atomic E-state index is -0.596. The normalized spacial score (nSPS) is 13.8. The van der Waals surface area contributed by atoms with Gasteiger partial charge < -0.3 is 15.2 Å². The van der Waals surface area contributed by atoms with Gasteiger partial charge in [0.25, 0.3) is 0 Å². The van der Waals surface area contributed by atoms with E-state index in [0.29, 0.717) is 13.0 Å². The minimum absolute atomic E-state index is 0.215. The third kappa shape index (κ3) is 4.75. The van der Waals surface area contributed by atoms with E-state index in [-0.39, 0.29) is 12.4 Å². The molecule has 0 aromatic heterocycles. The molecule has 0 fully saturated rings. The van der Waals surface area contributed by atoms with Crippen molar-refractivity contribution in [1.82, 2.24) is 0 Å². The summed E-state index contributed by atoms with van der Waals surface area (Å²) in [7, 11) is 1.63. The molecule has 1 aromatic carbocycles. The van der Waals surface area contributed by atoms with Crippen LogP contribution in [0.1, 0.15) is 25.8 Å². The van der Waals surface area contributed by atoms with Crippen molar-refractivity contribution in [3.05, 3.63) is 29.8 Å². The summed E-state index contributed by atoms with van der Waals surface area (Å²) in [5.74, 6) is 0.555. The van der Waals surface area contributed by atoms with E-state index in [2.05, 4.69) is 0 Å². The molecule has 4 nitrogen and oxygen atoms in total. The fourth-order valence-corrected chi connectivity index (χ4v) is 1.81. The quantitative estimate of drug-likeness (QED) is 0.784. The van der Waals surface area contributed by atoms with Crippen molar-refractivity contribution in [3.8, 4) is 5.75 Å². The average Bonchev–Trinajstić information content (AvgIpc) is 2.29. The van der Waals surface area contributed by atoms with Crippen LogP contribution in [-0.2, 0) is 16.0 Å². The molecule has 0 radical (unpaired) electrons. The van der Waals surface area contributed by atoms with Crippen molar-refractivity contribution in [1.29, 1.82) is 0 Å². The van der Waals surface area contributed by atoms with Crippen LogP contribution in [0.2, 0.25) is 0 Å². The van der Waals surface area contributed by atoms with E-state index in [1.165, 1.54) is 0 Å². The third-order valence-corrected chi connectivity index (χ3v) is 2.62. The molecule has 1 atom stereocenters. The Morgan fingerprint density at radius 2 is 1.94 bits per heavy atom. The molecule has 1 rings (SSSR count). The van der Waals surface area contributed by atoms with Crippen LogP contribution >= 0.6 is 0 Å². The lowest BCUT2D eigenvalue weighted by Crippen LogP contribution is -2.41. The maximum absolute atomic E-state index is 11.4. The number of methoxy groups -OCH3 is 1. The molecule has 0 heterocycles. The molecule has 1 aromatic rings. The fraction of sp³-hybridized carbons (Fsp3) is 0.500. The Bertz CT molecular complexity index is 385. The Hall–Kier alpha value is -1.55. The summed E-state index contributed by atoms with van der Waals surface area (Å²) < 4.78 is 10.0. The maximum Gasteiger partial charge on any atom is 0.307 e. The van der Waals surface area contributed by atoms with Gasteiger partial charge in [-0.3, -0.25) is 4.79 Å². The number of hydrogen-bond donors (Lipinski definition) is 1. The van der Waals surface area contributed by atoms with E-state index in [1.807, 2.05) is 31.2 Å². The first-order valence-electron chi connectivity index (χ1n) is 6.04. The van der Waals surface area contributed by atoms with Crippen LogP contribution in [0.4, 0.5) is 0 Å². The Morgan fingerprint density at radius 3 is 2.44 bits per heavy atom. The summed E-state index contributed by atoms with van der Waals surface area (Å²) in [6.07, 6.45) is 0.836. The summed E-state index contributed by atoms with van der Waals surface area (Å²) in [5.41, 5.74) is 6.60. The molecule has 1 unspecified atom stereocenters. The van der Waals surface area contributed by atoms with Crippen molar-refractivity contribution in [2.45, 2.75) is 32.2 Å². The molecule has 0 aliphatic rings. The van der Waals surface area contributed by atoms with Gasteiger partial charge in [0.05, 0.1) is 20.1 Å². The van der Waals surface area contributed by atoms with Gasteiger partial charge in [-0.25, -0.2) is 0 Å². The lowest BCUT2D eigenvalue weighted by atomic mass is 9.91. The van der Waals surface area contributed by atoms with Crippen LogP contribution in [0.5, 0.6) is 5.75 Å². The topological polar surface area (TPSA) is 61.5 Å². The number of ether oxygens (including phenoxy) is 2. The SMILES string of the molecule is CCOC(=O)CC(C)(N)Cc1ccc(OC)cc1. The fourth-order valence-electron chi connectivity index (χ4n) is 1.81. The van der Waals surface area contributed by atoms with Crippen LogP contribution in [0.15, 0.2) is 24.3 Å². The molecule has 100 valence electrons. The Kier molecular flexibility index (Phi) is 5.16. The van der Waals surface area contributed by atoms with E-state index in [9.17, 15) is 4.79 Å². The highest BCUT2D eigenvalue weighted by Crippen LogP contribution is 2.18. The van der Waals surface area contributed by atoms with Gasteiger partial charge in [-0.15, -0.1) is 0 Å². The van der Waals surface area contributed by atoms with Gasteiger partial charge in [0.2, 0.25) is 0 Å². The van der Waals surface area contributed by atoms with Gasteiger partial charge >= 0.3 is 5.97 Å². The number of carbonyl (C=O) groups is 1. The average molecular weight is 251 g/mol. The minimum Gasteiger partial charge on any atom is -0.497 e. The molecular weight excluding hydrogens is 230 g/mol. The molecule has 0 bridgehead atoms. The molecule has 0 saturated carbocycles. The van der Waals surface area contributed by atoms with Gasteiger partial charge in [0.1, 0.15) is 5.75 Å². The van der Waals surface area contributed by atoms with E-state index in [0.717, 1.165) is 11.3 Å². The molecule has 4 heteroatoms. The highest BCUT2D eigenvalue weighted by Gasteiger charge is 2.23. The van der Waals surface area contributed by atoms with E-state index in [4.69, 9.17) is 15.2 Å². The predicted octanol–water partition coefficient (Wildman–Crippen LogP) is 1.91. The molecular formula is C14H21NO3. The number of rotatable bonds is 6. The first-order chi connectivity index (χ1) is 8.46. The zero-order chi connectivity index (χ0) is 13.6. The zero-order valence-corrected chi connectivity index (χ0v) is 11.2. The molecule has 18 heavy (non-hydrogen) atoms. The Morgan fingerprint density at radius 1 is 1.33 bits per heavy atom. The highest BCUT2D eigenvalue weighted by atomic mass is 16.5. The second-order valence-corrected chi connectivity index (χ2v) is 4.66. The van der Waals surface area contributed by atoms with Gasteiger partial charge in [0.15, 0.2) is 0 Å². The highest BCUT2D eigenvalue weighted by molar-refractivity contribution is 5.70. The number of esters is 1. The van der Waals surface area contributed by atoms with Gasteiger partial charge in [-0.05, 0) is 38.0 Å². The molecule has 0 aliphatic carbocycles. The van der Waals surface area contributed by atoms with Crippen LogP contribution < -0.4 is 10.5 Å². The summed E-state index contributed by atoms with van der Waals surface area (Å²) in [4.78, 5) is 11.4. The zero-order valence-electron chi connectivity index (χ0n) is 11.2. The van der Waals surface area contributed by atoms with E-state index >= 15 is 0 Å². The monoisotopic (exact) mass is 251 g/mol. The molecule has 0 aliphatic heterocycles. The predicted molar refractivity (Wildman–Crippen MR) is 70.5 cm³/mol. The number of nitrogens with two attached hydrogens (primary N) is 1.